The lowest BCUT2D eigenvalue weighted by Gasteiger charge is -2.10. The van der Waals surface area contributed by atoms with Crippen molar-refractivity contribution in [2.45, 2.75) is 33.2 Å². The van der Waals surface area contributed by atoms with E-state index in [0.29, 0.717) is 13.2 Å². The van der Waals surface area contributed by atoms with Gasteiger partial charge in [0.05, 0.1) is 18.6 Å². The van der Waals surface area contributed by atoms with Crippen molar-refractivity contribution < 1.29 is 9.53 Å². The van der Waals surface area contributed by atoms with Crippen molar-refractivity contribution in [2.75, 3.05) is 13.2 Å². The van der Waals surface area contributed by atoms with Crippen molar-refractivity contribution in [3.8, 4) is 5.75 Å². The number of amides is 1. The second kappa shape index (κ2) is 8.29. The van der Waals surface area contributed by atoms with Crippen molar-refractivity contribution >= 4 is 5.91 Å². The summed E-state index contributed by atoms with van der Waals surface area (Å²) in [5.74, 6) is 0.698. The van der Waals surface area contributed by atoms with Crippen LogP contribution in [0.1, 0.15) is 31.0 Å². The van der Waals surface area contributed by atoms with Gasteiger partial charge in [-0.15, -0.1) is 0 Å². The zero-order valence-corrected chi connectivity index (χ0v) is 14.3. The molecule has 24 heavy (non-hydrogen) atoms. The van der Waals surface area contributed by atoms with Gasteiger partial charge in [-0.3, -0.25) is 14.2 Å². The van der Waals surface area contributed by atoms with E-state index in [1.807, 2.05) is 45.0 Å². The molecule has 2 aromatic rings. The topological polar surface area (TPSA) is 73.2 Å². The van der Waals surface area contributed by atoms with Gasteiger partial charge < -0.3 is 10.1 Å². The third-order valence-electron chi connectivity index (χ3n) is 3.52. The van der Waals surface area contributed by atoms with Gasteiger partial charge in [0.2, 0.25) is 5.91 Å². The van der Waals surface area contributed by atoms with Crippen LogP contribution in [0.15, 0.2) is 41.5 Å². The maximum atomic E-state index is 11.9. The van der Waals surface area contributed by atoms with Crippen LogP contribution in [0.5, 0.6) is 5.75 Å². The summed E-state index contributed by atoms with van der Waals surface area (Å²) in [5.41, 5.74) is 1.67. The van der Waals surface area contributed by atoms with Crippen molar-refractivity contribution in [1.82, 2.24) is 14.9 Å². The largest absolute Gasteiger partial charge is 0.492 e. The second-order valence-electron chi connectivity index (χ2n) is 5.95. The zero-order chi connectivity index (χ0) is 17.5. The average molecular weight is 329 g/mol. The SMILES string of the molecule is Cc1ccc(OCCNC(=O)Cn2cnc(C(C)C)cc2=O)cc1. The Morgan fingerprint density at radius 1 is 1.29 bits per heavy atom. The van der Waals surface area contributed by atoms with E-state index >= 15 is 0 Å². The number of carbonyl (C=O) groups is 1. The van der Waals surface area contributed by atoms with Crippen LogP contribution in [0.25, 0.3) is 0 Å². The molecule has 0 atom stereocenters. The summed E-state index contributed by atoms with van der Waals surface area (Å²) in [7, 11) is 0. The number of nitrogens with zero attached hydrogens (tertiary/aromatic N) is 2. The Kier molecular flexibility index (Phi) is 6.12. The summed E-state index contributed by atoms with van der Waals surface area (Å²) in [6.45, 7) is 6.64. The van der Waals surface area contributed by atoms with E-state index in [2.05, 4.69) is 10.3 Å². The number of carbonyl (C=O) groups excluding carboxylic acids is 1. The maximum Gasteiger partial charge on any atom is 0.254 e. The summed E-state index contributed by atoms with van der Waals surface area (Å²) >= 11 is 0. The first-order valence-corrected chi connectivity index (χ1v) is 7.98. The minimum Gasteiger partial charge on any atom is -0.492 e. The molecule has 1 amide bonds. The summed E-state index contributed by atoms with van der Waals surface area (Å²) in [6, 6.07) is 9.18. The van der Waals surface area contributed by atoms with Crippen LogP contribution in [0, 0.1) is 6.92 Å². The van der Waals surface area contributed by atoms with Gasteiger partial charge >= 0.3 is 0 Å². The van der Waals surface area contributed by atoms with Crippen molar-refractivity contribution in [3.05, 3.63) is 58.3 Å². The molecule has 0 saturated carbocycles. The molecular formula is C18H23N3O3. The molecule has 0 aliphatic heterocycles. The molecular weight excluding hydrogens is 306 g/mol. The van der Waals surface area contributed by atoms with Crippen molar-refractivity contribution in [1.29, 1.82) is 0 Å². The molecule has 0 radical (unpaired) electrons. The summed E-state index contributed by atoms with van der Waals surface area (Å²) < 4.78 is 6.83. The molecule has 0 aliphatic carbocycles. The first-order valence-electron chi connectivity index (χ1n) is 7.98. The molecule has 2 rings (SSSR count). The Bertz CT molecular complexity index is 736. The van der Waals surface area contributed by atoms with E-state index in [1.54, 1.807) is 0 Å². The predicted octanol–water partition coefficient (Wildman–Crippen LogP) is 1.87. The lowest BCUT2D eigenvalue weighted by Crippen LogP contribution is -2.34. The summed E-state index contributed by atoms with van der Waals surface area (Å²) in [5, 5.41) is 2.73. The number of rotatable bonds is 7. The van der Waals surface area contributed by atoms with Gasteiger partial charge in [-0.25, -0.2) is 4.98 Å². The number of ether oxygens (including phenoxy) is 1. The fourth-order valence-electron chi connectivity index (χ4n) is 2.08. The van der Waals surface area contributed by atoms with Gasteiger partial charge in [0.1, 0.15) is 18.9 Å². The highest BCUT2D eigenvalue weighted by atomic mass is 16.5. The average Bonchev–Trinajstić information content (AvgIpc) is 2.55. The minimum absolute atomic E-state index is 0.0469. The van der Waals surface area contributed by atoms with Crippen LogP contribution < -0.4 is 15.6 Å². The number of aryl methyl sites for hydroxylation is 1. The van der Waals surface area contributed by atoms with Crippen LogP contribution in [0.2, 0.25) is 0 Å². The van der Waals surface area contributed by atoms with Crippen LogP contribution >= 0.6 is 0 Å². The summed E-state index contributed by atoms with van der Waals surface area (Å²) in [4.78, 5) is 28.0. The van der Waals surface area contributed by atoms with E-state index in [1.165, 1.54) is 17.0 Å². The first-order chi connectivity index (χ1) is 11.5. The highest BCUT2D eigenvalue weighted by Crippen LogP contribution is 2.10. The Morgan fingerprint density at radius 2 is 2.00 bits per heavy atom. The molecule has 1 aromatic heterocycles. The van der Waals surface area contributed by atoms with Gasteiger partial charge in [-0.2, -0.15) is 0 Å². The summed E-state index contributed by atoms with van der Waals surface area (Å²) in [6.07, 6.45) is 1.42. The Labute approximate surface area is 141 Å². The molecule has 0 aliphatic rings. The molecule has 0 bridgehead atoms. The third-order valence-corrected chi connectivity index (χ3v) is 3.52. The number of aromatic nitrogens is 2. The van der Waals surface area contributed by atoms with E-state index < -0.39 is 0 Å². The second-order valence-corrected chi connectivity index (χ2v) is 5.95. The van der Waals surface area contributed by atoms with E-state index in [-0.39, 0.29) is 23.9 Å². The Balaban J connectivity index is 1.77. The van der Waals surface area contributed by atoms with Gasteiger partial charge in [0.15, 0.2) is 0 Å². The molecule has 1 aromatic carbocycles. The van der Waals surface area contributed by atoms with E-state index in [4.69, 9.17) is 4.74 Å². The zero-order valence-electron chi connectivity index (χ0n) is 14.3. The molecule has 6 heteroatoms. The molecule has 1 N–H and O–H groups in total. The molecule has 0 spiro atoms. The Hall–Kier alpha value is -2.63. The van der Waals surface area contributed by atoms with E-state index in [9.17, 15) is 9.59 Å². The highest BCUT2D eigenvalue weighted by Gasteiger charge is 2.07. The van der Waals surface area contributed by atoms with Gasteiger partial charge in [0, 0.05) is 6.07 Å². The van der Waals surface area contributed by atoms with Crippen molar-refractivity contribution in [3.63, 3.8) is 0 Å². The lowest BCUT2D eigenvalue weighted by molar-refractivity contribution is -0.121. The lowest BCUT2D eigenvalue weighted by atomic mass is 10.1. The molecule has 0 fully saturated rings. The first kappa shape index (κ1) is 17.7. The van der Waals surface area contributed by atoms with E-state index in [0.717, 1.165) is 17.0 Å². The third kappa shape index (κ3) is 5.22. The predicted molar refractivity (Wildman–Crippen MR) is 92.3 cm³/mol. The van der Waals surface area contributed by atoms with Crippen molar-refractivity contribution in [2.24, 2.45) is 0 Å². The van der Waals surface area contributed by atoms with Gasteiger partial charge in [-0.1, -0.05) is 31.5 Å². The Morgan fingerprint density at radius 3 is 2.62 bits per heavy atom. The number of hydrogen-bond acceptors (Lipinski definition) is 4. The molecule has 0 unspecified atom stereocenters. The number of nitrogens with one attached hydrogen (secondary N) is 1. The van der Waals surface area contributed by atoms with Gasteiger partial charge in [-0.05, 0) is 25.0 Å². The molecule has 128 valence electrons. The van der Waals surface area contributed by atoms with Crippen LogP contribution in [-0.2, 0) is 11.3 Å². The maximum absolute atomic E-state index is 11.9. The van der Waals surface area contributed by atoms with Gasteiger partial charge in [0.25, 0.3) is 5.56 Å². The smallest absolute Gasteiger partial charge is 0.254 e. The normalized spacial score (nSPS) is 10.7. The van der Waals surface area contributed by atoms with Crippen LogP contribution in [0.4, 0.5) is 0 Å². The standard InChI is InChI=1S/C18H23N3O3/c1-13(2)16-10-18(23)21(12-20-16)11-17(22)19-8-9-24-15-6-4-14(3)5-7-15/h4-7,10,12-13H,8-9,11H2,1-3H3,(H,19,22). The highest BCUT2D eigenvalue weighted by molar-refractivity contribution is 5.75. The molecule has 1 heterocycles. The van der Waals surface area contributed by atoms with Crippen LogP contribution in [-0.4, -0.2) is 28.6 Å². The monoisotopic (exact) mass is 329 g/mol. The quantitative estimate of drug-likeness (QED) is 0.787. The minimum atomic E-state index is -0.247. The van der Waals surface area contributed by atoms with Crippen LogP contribution in [0.3, 0.4) is 0 Å². The fraction of sp³-hybridized carbons (Fsp3) is 0.389. The number of hydrogen-bond donors (Lipinski definition) is 1. The molecule has 6 nitrogen and oxygen atoms in total. The fourth-order valence-corrected chi connectivity index (χ4v) is 2.08. The number of benzene rings is 1. The molecule has 0 saturated heterocycles.